The Bertz CT molecular complexity index is 1150. The topological polar surface area (TPSA) is 77.1 Å². The lowest BCUT2D eigenvalue weighted by atomic mass is 10.1. The Morgan fingerprint density at radius 2 is 1.79 bits per heavy atom. The Balaban J connectivity index is 1.55. The van der Waals surface area contributed by atoms with Gasteiger partial charge in [0.05, 0.1) is 38.1 Å². The molecule has 1 aliphatic heterocycles. The molecule has 7 nitrogen and oxygen atoms in total. The van der Waals surface area contributed by atoms with Crippen LogP contribution in [0.15, 0.2) is 72.8 Å². The zero-order valence-corrected chi connectivity index (χ0v) is 18.8. The minimum absolute atomic E-state index is 0.212. The molecule has 2 atom stereocenters. The summed E-state index contributed by atoms with van der Waals surface area (Å²) in [5.74, 6) is 0.747. The lowest BCUT2D eigenvalue weighted by Gasteiger charge is -2.36. The number of para-hydroxylation sites is 2. The molecule has 7 heteroatoms. The number of esters is 1. The molecule has 0 spiro atoms. The average molecular weight is 447 g/mol. The molecule has 33 heavy (non-hydrogen) atoms. The lowest BCUT2D eigenvalue weighted by Crippen LogP contribution is -2.48. The first-order valence-electron chi connectivity index (χ1n) is 10.7. The van der Waals surface area contributed by atoms with E-state index in [0.717, 1.165) is 22.7 Å². The van der Waals surface area contributed by atoms with Crippen LogP contribution in [0.25, 0.3) is 0 Å². The van der Waals surface area contributed by atoms with Crippen LogP contribution in [0.2, 0.25) is 0 Å². The molecule has 1 aliphatic rings. The number of nitrogens with one attached hydrogen (secondary N) is 1. The Labute approximate surface area is 192 Å². The highest BCUT2D eigenvalue weighted by molar-refractivity contribution is 5.90. The van der Waals surface area contributed by atoms with Gasteiger partial charge in [0.2, 0.25) is 0 Å². The van der Waals surface area contributed by atoms with Crippen molar-refractivity contribution in [3.63, 3.8) is 0 Å². The maximum Gasteiger partial charge on any atom is 0.337 e. The fraction of sp³-hybridized carbons (Fsp3) is 0.231. The zero-order chi connectivity index (χ0) is 23.4. The number of hydrogen-bond acceptors (Lipinski definition) is 6. The Morgan fingerprint density at radius 1 is 1.03 bits per heavy atom. The number of methoxy groups -OCH3 is 2. The van der Waals surface area contributed by atoms with Crippen molar-refractivity contribution in [2.75, 3.05) is 25.7 Å². The second-order valence-electron chi connectivity index (χ2n) is 7.73. The van der Waals surface area contributed by atoms with Gasteiger partial charge in [-0.1, -0.05) is 24.3 Å². The van der Waals surface area contributed by atoms with Crippen molar-refractivity contribution in [3.8, 4) is 11.5 Å². The Morgan fingerprint density at radius 3 is 2.52 bits per heavy atom. The van der Waals surface area contributed by atoms with Crippen LogP contribution in [0, 0.1) is 0 Å². The number of hydrogen-bond donors (Lipinski definition) is 1. The van der Waals surface area contributed by atoms with Crippen LogP contribution in [0.4, 0.5) is 11.4 Å². The average Bonchev–Trinajstić information content (AvgIpc) is 2.87. The Kier molecular flexibility index (Phi) is 6.49. The van der Waals surface area contributed by atoms with Gasteiger partial charge >= 0.3 is 5.97 Å². The fourth-order valence-corrected chi connectivity index (χ4v) is 3.81. The number of ether oxygens (including phenoxy) is 3. The van der Waals surface area contributed by atoms with Crippen molar-refractivity contribution >= 4 is 23.3 Å². The van der Waals surface area contributed by atoms with Gasteiger partial charge in [-0.05, 0) is 61.0 Å². The molecule has 1 N–H and O–H groups in total. The predicted octanol–water partition coefficient (Wildman–Crippen LogP) is 4.26. The minimum atomic E-state index is -0.715. The summed E-state index contributed by atoms with van der Waals surface area (Å²) in [7, 11) is 2.96. The number of rotatable bonds is 6. The van der Waals surface area contributed by atoms with E-state index < -0.39 is 12.1 Å². The highest BCUT2D eigenvalue weighted by atomic mass is 16.5. The molecule has 1 amide bonds. The molecule has 0 bridgehead atoms. The third-order valence-electron chi connectivity index (χ3n) is 5.62. The highest BCUT2D eigenvalue weighted by Crippen LogP contribution is 2.38. The van der Waals surface area contributed by atoms with E-state index in [0.29, 0.717) is 17.9 Å². The van der Waals surface area contributed by atoms with E-state index in [-0.39, 0.29) is 11.9 Å². The van der Waals surface area contributed by atoms with Gasteiger partial charge in [0.15, 0.2) is 6.10 Å². The molecule has 0 fully saturated rings. The summed E-state index contributed by atoms with van der Waals surface area (Å²) in [5, 5.41) is 3.04. The second kappa shape index (κ2) is 9.65. The van der Waals surface area contributed by atoms with E-state index in [1.165, 1.54) is 7.11 Å². The van der Waals surface area contributed by atoms with Crippen molar-refractivity contribution in [2.45, 2.75) is 19.1 Å². The van der Waals surface area contributed by atoms with Crippen LogP contribution in [0.3, 0.4) is 0 Å². The molecule has 4 rings (SSSR count). The molecule has 1 heterocycles. The first kappa shape index (κ1) is 22.2. The summed E-state index contributed by atoms with van der Waals surface area (Å²) in [6, 6.07) is 22.0. The van der Waals surface area contributed by atoms with Gasteiger partial charge in [0, 0.05) is 5.69 Å². The van der Waals surface area contributed by atoms with E-state index in [1.807, 2.05) is 72.5 Å². The number of fused-ring (bicyclic) bond motifs is 1. The minimum Gasteiger partial charge on any atom is -0.497 e. The molecule has 0 saturated carbocycles. The smallest absolute Gasteiger partial charge is 0.337 e. The zero-order valence-electron chi connectivity index (χ0n) is 18.8. The van der Waals surface area contributed by atoms with Gasteiger partial charge in [-0.2, -0.15) is 0 Å². The summed E-state index contributed by atoms with van der Waals surface area (Å²) >= 11 is 0. The maximum absolute atomic E-state index is 13.2. The standard InChI is InChI=1S/C26H26N2O5/c1-17(19-7-6-8-21(15-19)31-2)27-25(29)24-16-28(22-9-4-5-10-23(22)33-24)20-13-11-18(12-14-20)26(30)32-3/h4-15,17,24H,16H2,1-3H3,(H,27,29)/t17-,24?/m1/s1. The van der Waals surface area contributed by atoms with Crippen LogP contribution in [-0.2, 0) is 9.53 Å². The van der Waals surface area contributed by atoms with Gasteiger partial charge in [-0.25, -0.2) is 4.79 Å². The number of nitrogens with zero attached hydrogens (tertiary/aromatic N) is 1. The molecule has 170 valence electrons. The monoisotopic (exact) mass is 446 g/mol. The summed E-state index contributed by atoms with van der Waals surface area (Å²) < 4.78 is 16.1. The lowest BCUT2D eigenvalue weighted by molar-refractivity contribution is -0.128. The molecule has 0 aliphatic carbocycles. The largest absolute Gasteiger partial charge is 0.497 e. The first-order valence-corrected chi connectivity index (χ1v) is 10.7. The van der Waals surface area contributed by atoms with Crippen molar-refractivity contribution in [1.29, 1.82) is 0 Å². The summed E-state index contributed by atoms with van der Waals surface area (Å²) in [4.78, 5) is 26.9. The van der Waals surface area contributed by atoms with Crippen molar-refractivity contribution < 1.29 is 23.8 Å². The summed E-state index contributed by atoms with van der Waals surface area (Å²) in [6.07, 6.45) is -0.715. The number of carbonyl (C=O) groups excluding carboxylic acids is 2. The van der Waals surface area contributed by atoms with Crippen LogP contribution in [-0.4, -0.2) is 38.7 Å². The number of benzene rings is 3. The van der Waals surface area contributed by atoms with Crippen molar-refractivity contribution in [1.82, 2.24) is 5.32 Å². The third kappa shape index (κ3) is 4.77. The third-order valence-corrected chi connectivity index (χ3v) is 5.62. The van der Waals surface area contributed by atoms with Crippen LogP contribution in [0.5, 0.6) is 11.5 Å². The molecule has 1 unspecified atom stereocenters. The van der Waals surface area contributed by atoms with Gasteiger partial charge in [0.1, 0.15) is 11.5 Å². The van der Waals surface area contributed by atoms with Crippen LogP contribution in [0.1, 0.15) is 28.9 Å². The summed E-state index contributed by atoms with van der Waals surface area (Å²) in [6.45, 7) is 2.25. The highest BCUT2D eigenvalue weighted by Gasteiger charge is 2.32. The van der Waals surface area contributed by atoms with Gasteiger partial charge in [-0.15, -0.1) is 0 Å². The van der Waals surface area contributed by atoms with E-state index in [9.17, 15) is 9.59 Å². The van der Waals surface area contributed by atoms with E-state index in [1.54, 1.807) is 19.2 Å². The Hall–Kier alpha value is -4.00. The van der Waals surface area contributed by atoms with Gasteiger partial charge in [-0.3, -0.25) is 4.79 Å². The number of anilines is 2. The van der Waals surface area contributed by atoms with Gasteiger partial charge in [0.25, 0.3) is 5.91 Å². The maximum atomic E-state index is 13.2. The molecule has 0 saturated heterocycles. The van der Waals surface area contributed by atoms with E-state index >= 15 is 0 Å². The number of carbonyl (C=O) groups is 2. The normalized spacial score (nSPS) is 15.6. The summed E-state index contributed by atoms with van der Waals surface area (Å²) in [5.41, 5.74) is 3.10. The van der Waals surface area contributed by atoms with Crippen LogP contribution >= 0.6 is 0 Å². The quantitative estimate of drug-likeness (QED) is 0.570. The molecule has 3 aromatic rings. The van der Waals surface area contributed by atoms with Crippen molar-refractivity contribution in [2.24, 2.45) is 0 Å². The second-order valence-corrected chi connectivity index (χ2v) is 7.73. The SMILES string of the molecule is COC(=O)c1ccc(N2CC(C(=O)N[C@H](C)c3cccc(OC)c3)Oc3ccccc32)cc1. The van der Waals surface area contributed by atoms with E-state index in [2.05, 4.69) is 5.32 Å². The fourth-order valence-electron chi connectivity index (χ4n) is 3.81. The number of amides is 1. The van der Waals surface area contributed by atoms with E-state index in [4.69, 9.17) is 14.2 Å². The molecule has 3 aromatic carbocycles. The molecular weight excluding hydrogens is 420 g/mol. The first-order chi connectivity index (χ1) is 16.0. The molecular formula is C26H26N2O5. The molecule has 0 aromatic heterocycles. The molecule has 0 radical (unpaired) electrons. The van der Waals surface area contributed by atoms with Gasteiger partial charge < -0.3 is 24.4 Å². The predicted molar refractivity (Wildman–Crippen MR) is 125 cm³/mol. The van der Waals surface area contributed by atoms with Crippen LogP contribution < -0.4 is 19.7 Å². The van der Waals surface area contributed by atoms with Crippen molar-refractivity contribution in [3.05, 3.63) is 83.9 Å².